The normalized spacial score (nSPS) is 24.3. The van der Waals surface area contributed by atoms with Gasteiger partial charge in [0.15, 0.2) is 0 Å². The van der Waals surface area contributed by atoms with Gasteiger partial charge in [-0.2, -0.15) is 5.10 Å². The van der Waals surface area contributed by atoms with Gasteiger partial charge < -0.3 is 5.32 Å². The van der Waals surface area contributed by atoms with Crippen LogP contribution in [0.2, 0.25) is 0 Å². The molecule has 0 spiro atoms. The lowest BCUT2D eigenvalue weighted by Crippen LogP contribution is -2.49. The highest BCUT2D eigenvalue weighted by Gasteiger charge is 2.28. The first-order valence-corrected chi connectivity index (χ1v) is 8.14. The summed E-state index contributed by atoms with van der Waals surface area (Å²) in [5, 5.41) is 8.26. The molecule has 4 heteroatoms. The van der Waals surface area contributed by atoms with Gasteiger partial charge in [0.1, 0.15) is 0 Å². The molecule has 0 unspecified atom stereocenters. The van der Waals surface area contributed by atoms with Gasteiger partial charge in [-0.1, -0.05) is 12.8 Å². The first-order chi connectivity index (χ1) is 9.68. The second-order valence-electron chi connectivity index (χ2n) is 6.81. The molecule has 1 saturated carbocycles. The van der Waals surface area contributed by atoms with Gasteiger partial charge >= 0.3 is 0 Å². The van der Waals surface area contributed by atoms with Gasteiger partial charge in [0, 0.05) is 31.4 Å². The van der Waals surface area contributed by atoms with E-state index in [1.54, 1.807) is 0 Å². The number of nitrogens with one attached hydrogen (secondary N) is 1. The average Bonchev–Trinajstić information content (AvgIpc) is 3.12. The van der Waals surface area contributed by atoms with E-state index in [0.717, 1.165) is 6.54 Å². The van der Waals surface area contributed by atoms with Crippen LogP contribution < -0.4 is 5.32 Å². The number of likely N-dealkylation sites (tertiary alicyclic amines) is 1. The Labute approximate surface area is 122 Å². The minimum absolute atomic E-state index is 0.333. The quantitative estimate of drug-likeness (QED) is 0.917. The van der Waals surface area contributed by atoms with Gasteiger partial charge in [0.25, 0.3) is 0 Å². The van der Waals surface area contributed by atoms with E-state index in [1.807, 2.05) is 0 Å². The van der Waals surface area contributed by atoms with Crippen molar-refractivity contribution in [1.82, 2.24) is 20.0 Å². The van der Waals surface area contributed by atoms with Crippen LogP contribution in [0.25, 0.3) is 0 Å². The Morgan fingerprint density at radius 1 is 1.30 bits per heavy atom. The van der Waals surface area contributed by atoms with Crippen LogP contribution >= 0.6 is 0 Å². The van der Waals surface area contributed by atoms with Gasteiger partial charge in [0.05, 0.1) is 11.7 Å². The fourth-order valence-corrected chi connectivity index (χ4v) is 3.52. The van der Waals surface area contributed by atoms with Crippen LogP contribution in [0, 0.1) is 0 Å². The fourth-order valence-electron chi connectivity index (χ4n) is 3.52. The van der Waals surface area contributed by atoms with Crippen LogP contribution in [0.3, 0.4) is 0 Å². The summed E-state index contributed by atoms with van der Waals surface area (Å²) in [5.74, 6) is 0. The van der Waals surface area contributed by atoms with Gasteiger partial charge in [-0.25, -0.2) is 0 Å². The largest absolute Gasteiger partial charge is 0.314 e. The smallest absolute Gasteiger partial charge is 0.0764 e. The summed E-state index contributed by atoms with van der Waals surface area (Å²) in [6, 6.07) is 2.88. The maximum Gasteiger partial charge on any atom is 0.0764 e. The van der Waals surface area contributed by atoms with Crippen molar-refractivity contribution in [2.45, 2.75) is 63.6 Å². The molecule has 1 N–H and O–H groups in total. The average molecular weight is 276 g/mol. The molecular weight excluding hydrogens is 248 g/mol. The van der Waals surface area contributed by atoms with E-state index in [1.165, 1.54) is 57.3 Å². The van der Waals surface area contributed by atoms with Gasteiger partial charge in [-0.05, 0) is 45.7 Å². The third-order valence-electron chi connectivity index (χ3n) is 5.31. The first-order valence-electron chi connectivity index (χ1n) is 8.14. The molecule has 1 aromatic rings. The lowest BCUT2D eigenvalue weighted by Gasteiger charge is -2.39. The molecule has 1 aliphatic heterocycles. The molecule has 2 heterocycles. The number of nitrogens with zero attached hydrogens (tertiary/aromatic N) is 3. The molecular formula is C16H28N4. The molecule has 2 aliphatic rings. The highest BCUT2D eigenvalue weighted by molar-refractivity contribution is 5.01. The first kappa shape index (κ1) is 14.1. The molecule has 2 fully saturated rings. The lowest BCUT2D eigenvalue weighted by atomic mass is 9.90. The molecule has 1 aromatic heterocycles. The summed E-state index contributed by atoms with van der Waals surface area (Å²) < 4.78 is 2.21. The van der Waals surface area contributed by atoms with Crippen LogP contribution in [0.15, 0.2) is 12.3 Å². The Kier molecular flexibility index (Phi) is 4.13. The van der Waals surface area contributed by atoms with E-state index in [-0.39, 0.29) is 0 Å². The van der Waals surface area contributed by atoms with E-state index in [4.69, 9.17) is 5.10 Å². The van der Waals surface area contributed by atoms with Crippen LogP contribution in [-0.4, -0.2) is 40.4 Å². The molecule has 1 aliphatic carbocycles. The van der Waals surface area contributed by atoms with Gasteiger partial charge in [-0.15, -0.1) is 0 Å². The fraction of sp³-hybridized carbons (Fsp3) is 0.812. The molecule has 0 atom stereocenters. The SMILES string of the molecule is CNC1(C)CCN(Cc2ccn(C3CCCC3)n2)CC1. The summed E-state index contributed by atoms with van der Waals surface area (Å²) in [6.07, 6.45) is 10.0. The standard InChI is InChI=1S/C16H28N4/c1-16(17-2)8-11-19(12-9-16)13-14-7-10-20(18-14)15-5-3-4-6-15/h7,10,15,17H,3-6,8-9,11-13H2,1-2H3. The van der Waals surface area contributed by atoms with Crippen molar-refractivity contribution in [3.8, 4) is 0 Å². The predicted octanol–water partition coefficient (Wildman–Crippen LogP) is 2.57. The highest BCUT2D eigenvalue weighted by atomic mass is 15.3. The van der Waals surface area contributed by atoms with E-state index in [2.05, 4.69) is 41.1 Å². The summed E-state index contributed by atoms with van der Waals surface area (Å²) >= 11 is 0. The Morgan fingerprint density at radius 3 is 2.65 bits per heavy atom. The van der Waals surface area contributed by atoms with E-state index >= 15 is 0 Å². The number of piperidine rings is 1. The molecule has 112 valence electrons. The Hall–Kier alpha value is -0.870. The van der Waals surface area contributed by atoms with Crippen molar-refractivity contribution < 1.29 is 0 Å². The molecule has 0 aromatic carbocycles. The second-order valence-corrected chi connectivity index (χ2v) is 6.81. The maximum atomic E-state index is 4.80. The monoisotopic (exact) mass is 276 g/mol. The summed E-state index contributed by atoms with van der Waals surface area (Å²) in [4.78, 5) is 2.54. The number of aromatic nitrogens is 2. The third kappa shape index (κ3) is 3.07. The minimum atomic E-state index is 0.333. The van der Waals surface area contributed by atoms with Crippen molar-refractivity contribution in [3.05, 3.63) is 18.0 Å². The second kappa shape index (κ2) is 5.86. The van der Waals surface area contributed by atoms with Crippen molar-refractivity contribution in [2.75, 3.05) is 20.1 Å². The van der Waals surface area contributed by atoms with Crippen LogP contribution in [0.1, 0.15) is 57.2 Å². The zero-order chi connectivity index (χ0) is 14.0. The summed E-state index contributed by atoms with van der Waals surface area (Å²) in [7, 11) is 2.08. The zero-order valence-corrected chi connectivity index (χ0v) is 12.9. The number of hydrogen-bond acceptors (Lipinski definition) is 3. The van der Waals surface area contributed by atoms with Gasteiger partial charge in [0.2, 0.25) is 0 Å². The van der Waals surface area contributed by atoms with E-state index in [9.17, 15) is 0 Å². The van der Waals surface area contributed by atoms with Crippen LogP contribution in [-0.2, 0) is 6.54 Å². The molecule has 4 nitrogen and oxygen atoms in total. The molecule has 20 heavy (non-hydrogen) atoms. The van der Waals surface area contributed by atoms with E-state index < -0.39 is 0 Å². The van der Waals surface area contributed by atoms with Gasteiger partial charge in [-0.3, -0.25) is 9.58 Å². The topological polar surface area (TPSA) is 33.1 Å². The predicted molar refractivity (Wildman–Crippen MR) is 81.7 cm³/mol. The molecule has 3 rings (SSSR count). The highest BCUT2D eigenvalue weighted by Crippen LogP contribution is 2.29. The number of rotatable bonds is 4. The summed E-state index contributed by atoms with van der Waals surface area (Å²) in [5.41, 5.74) is 1.57. The van der Waals surface area contributed by atoms with Crippen molar-refractivity contribution >= 4 is 0 Å². The summed E-state index contributed by atoms with van der Waals surface area (Å²) in [6.45, 7) is 5.69. The Balaban J connectivity index is 1.54. The molecule has 1 saturated heterocycles. The van der Waals surface area contributed by atoms with Crippen LogP contribution in [0.5, 0.6) is 0 Å². The molecule has 0 bridgehead atoms. The number of hydrogen-bond donors (Lipinski definition) is 1. The van der Waals surface area contributed by atoms with Crippen molar-refractivity contribution in [1.29, 1.82) is 0 Å². The third-order valence-corrected chi connectivity index (χ3v) is 5.31. The van der Waals surface area contributed by atoms with Crippen molar-refractivity contribution in [2.24, 2.45) is 0 Å². The zero-order valence-electron chi connectivity index (χ0n) is 12.9. The van der Waals surface area contributed by atoms with E-state index in [0.29, 0.717) is 11.6 Å². The maximum absolute atomic E-state index is 4.80. The minimum Gasteiger partial charge on any atom is -0.314 e. The van der Waals surface area contributed by atoms with Crippen LogP contribution in [0.4, 0.5) is 0 Å². The molecule has 0 amide bonds. The Bertz CT molecular complexity index is 425. The van der Waals surface area contributed by atoms with Crippen molar-refractivity contribution in [3.63, 3.8) is 0 Å². The lowest BCUT2D eigenvalue weighted by molar-refractivity contribution is 0.144. The molecule has 0 radical (unpaired) electrons. The Morgan fingerprint density at radius 2 is 2.00 bits per heavy atom.